The lowest BCUT2D eigenvalue weighted by molar-refractivity contribution is -0.128. The number of benzene rings is 2. The first-order valence-corrected chi connectivity index (χ1v) is 12.8. The van der Waals surface area contributed by atoms with Crippen molar-refractivity contribution < 1.29 is 19.1 Å². The van der Waals surface area contributed by atoms with Crippen molar-refractivity contribution in [2.24, 2.45) is 0 Å². The van der Waals surface area contributed by atoms with Crippen LogP contribution in [0.25, 0.3) is 33.5 Å². The van der Waals surface area contributed by atoms with E-state index in [9.17, 15) is 9.90 Å². The number of amides is 1. The Morgan fingerprint density at radius 2 is 1.74 bits per heavy atom. The Labute approximate surface area is 221 Å². The van der Waals surface area contributed by atoms with Gasteiger partial charge in [0, 0.05) is 48.5 Å². The molecule has 10 nitrogen and oxygen atoms in total. The predicted molar refractivity (Wildman–Crippen MR) is 139 cm³/mol. The minimum atomic E-state index is -0.0891. The first-order chi connectivity index (χ1) is 18.5. The lowest BCUT2D eigenvalue weighted by atomic mass is 10.1. The van der Waals surface area contributed by atoms with Crippen LogP contribution >= 0.6 is 11.3 Å². The zero-order valence-electron chi connectivity index (χ0n) is 20.4. The van der Waals surface area contributed by atoms with E-state index in [0.29, 0.717) is 41.5 Å². The predicted octanol–water partition coefficient (Wildman–Crippen LogP) is 5.25. The second kappa shape index (κ2) is 10.0. The van der Waals surface area contributed by atoms with Crippen LogP contribution in [0.5, 0.6) is 17.4 Å². The number of hydrogen-bond acceptors (Lipinski definition) is 10. The van der Waals surface area contributed by atoms with Gasteiger partial charge in [0.2, 0.25) is 23.6 Å². The number of ether oxygens (including phenoxy) is 1. The molecule has 1 aliphatic rings. The fraction of sp³-hybridized carbons (Fsp3) is 0.185. The maximum atomic E-state index is 12.3. The number of likely N-dealkylation sites (tertiary alicyclic amines) is 1. The van der Waals surface area contributed by atoms with Crippen molar-refractivity contribution in [1.29, 1.82) is 0 Å². The average molecular weight is 527 g/mol. The standard InChI is InChI=1S/C27H22N6O4S/c1-16-29-32-27(38-16)17-6-9-21(10-7-17)36-22-13-18(4-5-20(22)15-33-12-2-3-24(33)35)25-30-31-26(37-25)19-8-11-23(34)28-14-19/h4-11,13-14H,2-3,12,15H2,1H3,(H,28,34). The Morgan fingerprint density at radius 3 is 2.42 bits per heavy atom. The third-order valence-electron chi connectivity index (χ3n) is 6.12. The molecule has 2 aromatic carbocycles. The van der Waals surface area contributed by atoms with Crippen molar-refractivity contribution in [3.8, 4) is 50.9 Å². The summed E-state index contributed by atoms with van der Waals surface area (Å²) in [6.07, 6.45) is 2.89. The van der Waals surface area contributed by atoms with E-state index in [-0.39, 0.29) is 17.7 Å². The molecule has 3 aromatic heterocycles. The number of hydrogen-bond donors (Lipinski definition) is 1. The van der Waals surface area contributed by atoms with Gasteiger partial charge in [0.15, 0.2) is 0 Å². The highest BCUT2D eigenvalue weighted by atomic mass is 32.1. The molecular formula is C27H22N6O4S. The first kappa shape index (κ1) is 23.7. The molecule has 11 heteroatoms. The normalized spacial score (nSPS) is 13.3. The van der Waals surface area contributed by atoms with Crippen molar-refractivity contribution in [2.75, 3.05) is 6.54 Å². The van der Waals surface area contributed by atoms with Crippen LogP contribution in [0.3, 0.4) is 0 Å². The fourth-order valence-electron chi connectivity index (χ4n) is 4.16. The molecule has 6 rings (SSSR count). The van der Waals surface area contributed by atoms with Gasteiger partial charge in [0.25, 0.3) is 0 Å². The lowest BCUT2D eigenvalue weighted by Gasteiger charge is -2.19. The number of nitrogens with zero attached hydrogens (tertiary/aromatic N) is 6. The topological polar surface area (TPSA) is 127 Å². The van der Waals surface area contributed by atoms with E-state index in [1.54, 1.807) is 6.07 Å². The van der Waals surface area contributed by atoms with Gasteiger partial charge in [-0.05, 0) is 55.8 Å². The Bertz CT molecular complexity index is 1600. The Morgan fingerprint density at radius 1 is 0.974 bits per heavy atom. The summed E-state index contributed by atoms with van der Waals surface area (Å²) >= 11 is 1.53. The highest BCUT2D eigenvalue weighted by Crippen LogP contribution is 2.34. The third kappa shape index (κ3) is 4.96. The summed E-state index contributed by atoms with van der Waals surface area (Å²) in [5.41, 5.74) is 3.09. The van der Waals surface area contributed by atoms with Crippen molar-refractivity contribution in [3.63, 3.8) is 0 Å². The van der Waals surface area contributed by atoms with E-state index in [1.807, 2.05) is 54.3 Å². The summed E-state index contributed by atoms with van der Waals surface area (Å²) in [5.74, 6) is 1.87. The van der Waals surface area contributed by atoms with Gasteiger partial charge in [-0.25, -0.2) is 4.98 Å². The van der Waals surface area contributed by atoms with Gasteiger partial charge in [0.05, 0.1) is 5.56 Å². The number of carbonyl (C=O) groups excluding carboxylic acids is 1. The molecule has 1 saturated heterocycles. The molecule has 1 fully saturated rings. The summed E-state index contributed by atoms with van der Waals surface area (Å²) in [6, 6.07) is 16.4. The molecular weight excluding hydrogens is 504 g/mol. The second-order valence-electron chi connectivity index (χ2n) is 8.81. The van der Waals surface area contributed by atoms with Gasteiger partial charge in [-0.2, -0.15) is 0 Å². The molecule has 5 aromatic rings. The molecule has 1 amide bonds. The van der Waals surface area contributed by atoms with E-state index in [4.69, 9.17) is 9.15 Å². The van der Waals surface area contributed by atoms with E-state index in [1.165, 1.54) is 23.6 Å². The largest absolute Gasteiger partial charge is 0.493 e. The molecule has 0 radical (unpaired) electrons. The van der Waals surface area contributed by atoms with E-state index >= 15 is 0 Å². The van der Waals surface area contributed by atoms with Gasteiger partial charge in [-0.3, -0.25) is 4.79 Å². The zero-order chi connectivity index (χ0) is 26.1. The van der Waals surface area contributed by atoms with Crippen LogP contribution in [0.15, 0.2) is 65.2 Å². The highest BCUT2D eigenvalue weighted by molar-refractivity contribution is 7.14. The quantitative estimate of drug-likeness (QED) is 0.302. The molecule has 38 heavy (non-hydrogen) atoms. The lowest BCUT2D eigenvalue weighted by Crippen LogP contribution is -2.24. The van der Waals surface area contributed by atoms with Gasteiger partial charge in [0.1, 0.15) is 21.5 Å². The average Bonchev–Trinajstić information content (AvgIpc) is 3.68. The van der Waals surface area contributed by atoms with Crippen molar-refractivity contribution >= 4 is 17.2 Å². The first-order valence-electron chi connectivity index (χ1n) is 12.0. The minimum Gasteiger partial charge on any atom is -0.493 e. The number of aryl methyl sites for hydroxylation is 1. The van der Waals surface area contributed by atoms with Gasteiger partial charge in [-0.15, -0.1) is 20.4 Å². The van der Waals surface area contributed by atoms with Gasteiger partial charge >= 0.3 is 0 Å². The zero-order valence-corrected chi connectivity index (χ0v) is 21.2. The minimum absolute atomic E-state index is 0.0891. The third-order valence-corrected chi connectivity index (χ3v) is 7.01. The molecule has 0 saturated carbocycles. The Hall–Kier alpha value is -4.64. The second-order valence-corrected chi connectivity index (χ2v) is 9.99. The molecule has 1 aliphatic heterocycles. The SMILES string of the molecule is Cc1nnc(-c2ccc(Oc3cc(-c4nnc(-c5ccc(O)nc5)o4)ccc3CN3CCCC3=O)cc2)s1. The summed E-state index contributed by atoms with van der Waals surface area (Å²) in [4.78, 5) is 18.0. The molecule has 0 unspecified atom stereocenters. The molecule has 0 spiro atoms. The van der Waals surface area contributed by atoms with Crippen molar-refractivity contribution in [1.82, 2.24) is 30.3 Å². The molecule has 4 heterocycles. The fourth-order valence-corrected chi connectivity index (χ4v) is 4.86. The molecule has 190 valence electrons. The highest BCUT2D eigenvalue weighted by Gasteiger charge is 2.22. The van der Waals surface area contributed by atoms with Crippen LogP contribution in [0.4, 0.5) is 0 Å². The van der Waals surface area contributed by atoms with Crippen LogP contribution < -0.4 is 4.74 Å². The van der Waals surface area contributed by atoms with E-state index in [0.717, 1.165) is 34.1 Å². The smallest absolute Gasteiger partial charge is 0.249 e. The van der Waals surface area contributed by atoms with Crippen LogP contribution in [-0.2, 0) is 11.3 Å². The maximum Gasteiger partial charge on any atom is 0.249 e. The number of carbonyl (C=O) groups is 1. The molecule has 1 N–H and O–H groups in total. The summed E-state index contributed by atoms with van der Waals surface area (Å²) in [7, 11) is 0. The van der Waals surface area contributed by atoms with E-state index in [2.05, 4.69) is 25.4 Å². The van der Waals surface area contributed by atoms with Gasteiger partial charge in [-0.1, -0.05) is 17.4 Å². The molecule has 0 aliphatic carbocycles. The van der Waals surface area contributed by atoms with Crippen LogP contribution in [0.2, 0.25) is 0 Å². The summed E-state index contributed by atoms with van der Waals surface area (Å²) in [5, 5.41) is 27.8. The monoisotopic (exact) mass is 526 g/mol. The number of rotatable bonds is 7. The van der Waals surface area contributed by atoms with Crippen LogP contribution in [0, 0.1) is 6.92 Å². The maximum absolute atomic E-state index is 12.3. The van der Waals surface area contributed by atoms with Crippen molar-refractivity contribution in [3.05, 3.63) is 71.4 Å². The van der Waals surface area contributed by atoms with Crippen molar-refractivity contribution in [2.45, 2.75) is 26.3 Å². The summed E-state index contributed by atoms with van der Waals surface area (Å²) in [6.45, 7) is 3.10. The number of aromatic nitrogens is 5. The Kier molecular flexibility index (Phi) is 6.26. The van der Waals surface area contributed by atoms with Gasteiger partial charge < -0.3 is 19.2 Å². The number of pyridine rings is 1. The Balaban J connectivity index is 1.30. The molecule has 0 atom stereocenters. The van der Waals surface area contributed by atoms with Crippen LogP contribution in [-0.4, -0.2) is 47.8 Å². The summed E-state index contributed by atoms with van der Waals surface area (Å²) < 4.78 is 12.2. The molecule has 0 bridgehead atoms. The van der Waals surface area contributed by atoms with Crippen LogP contribution in [0.1, 0.15) is 23.4 Å². The van der Waals surface area contributed by atoms with E-state index < -0.39 is 0 Å². The number of aromatic hydroxyl groups is 1.